The third-order valence-electron chi connectivity index (χ3n) is 6.30. The number of fused-ring (bicyclic) bond motifs is 3. The molecular formula is C27H19NO2S. The van der Waals surface area contributed by atoms with Gasteiger partial charge in [0.2, 0.25) is 0 Å². The van der Waals surface area contributed by atoms with E-state index in [-0.39, 0.29) is 17.6 Å². The van der Waals surface area contributed by atoms with Gasteiger partial charge in [-0.25, -0.2) is 4.99 Å². The molecule has 0 amide bonds. The van der Waals surface area contributed by atoms with Gasteiger partial charge >= 0.3 is 0 Å². The number of hydrogen-bond acceptors (Lipinski definition) is 3. The molecule has 0 spiro atoms. The summed E-state index contributed by atoms with van der Waals surface area (Å²) in [4.78, 5) is 19.8. The Morgan fingerprint density at radius 3 is 2.48 bits per heavy atom. The molecule has 0 N–H and O–H groups in total. The van der Waals surface area contributed by atoms with Gasteiger partial charge in [-0.15, -0.1) is 0 Å². The van der Waals surface area contributed by atoms with Gasteiger partial charge in [0.05, 0.1) is 11.3 Å². The summed E-state index contributed by atoms with van der Waals surface area (Å²) in [6.07, 6.45) is 3.78. The van der Waals surface area contributed by atoms with Crippen LogP contribution in [0, 0.1) is 18.8 Å². The zero-order valence-corrected chi connectivity index (χ0v) is 17.7. The summed E-state index contributed by atoms with van der Waals surface area (Å²) in [5.74, 6) is -0.438. The number of rotatable bonds is 2. The van der Waals surface area contributed by atoms with Crippen molar-refractivity contribution in [2.24, 2.45) is 16.8 Å². The van der Waals surface area contributed by atoms with E-state index >= 15 is 0 Å². The number of aryl methyl sites for hydroxylation is 1. The van der Waals surface area contributed by atoms with Gasteiger partial charge < -0.3 is 4.55 Å². The van der Waals surface area contributed by atoms with E-state index in [2.05, 4.69) is 13.0 Å². The maximum absolute atomic E-state index is 13.5. The molecule has 2 aliphatic carbocycles. The molecule has 3 nitrogen and oxygen atoms in total. The Morgan fingerprint density at radius 2 is 1.68 bits per heavy atom. The van der Waals surface area contributed by atoms with Crippen molar-refractivity contribution in [2.45, 2.75) is 11.8 Å². The van der Waals surface area contributed by atoms with Crippen molar-refractivity contribution in [3.05, 3.63) is 123 Å². The minimum Gasteiger partial charge on any atom is -0.606 e. The topological polar surface area (TPSA) is 52.5 Å². The van der Waals surface area contributed by atoms with Crippen molar-refractivity contribution >= 4 is 22.5 Å². The molecule has 0 saturated carbocycles. The van der Waals surface area contributed by atoms with Gasteiger partial charge in [0.15, 0.2) is 15.6 Å². The fourth-order valence-electron chi connectivity index (χ4n) is 4.90. The lowest BCUT2D eigenvalue weighted by molar-refractivity contribution is 0.0923. The van der Waals surface area contributed by atoms with Crippen LogP contribution in [0.15, 0.2) is 105 Å². The lowest BCUT2D eigenvalue weighted by Crippen LogP contribution is -2.43. The predicted molar refractivity (Wildman–Crippen MR) is 121 cm³/mol. The number of carbonyl (C=O) groups is 1. The second-order valence-electron chi connectivity index (χ2n) is 8.15. The zero-order chi connectivity index (χ0) is 21.1. The van der Waals surface area contributed by atoms with Gasteiger partial charge in [-0.05, 0) is 48.4 Å². The molecule has 6 rings (SSSR count). The van der Waals surface area contributed by atoms with Gasteiger partial charge in [-0.1, -0.05) is 60.2 Å². The smallest absolute Gasteiger partial charge is 0.180 e. The van der Waals surface area contributed by atoms with Crippen molar-refractivity contribution in [3.8, 4) is 0 Å². The molecule has 3 aromatic carbocycles. The van der Waals surface area contributed by atoms with Gasteiger partial charge in [-0.3, -0.25) is 4.79 Å². The number of Topliss-reactive ketones (excluding diaryl/α,β-unsaturated/α-hetero) is 1. The first kappa shape index (κ1) is 18.6. The fraction of sp³-hybridized carbons (Fsp3) is 0.111. The molecule has 0 bridgehead atoms. The molecule has 31 heavy (non-hydrogen) atoms. The van der Waals surface area contributed by atoms with Crippen LogP contribution in [0.1, 0.15) is 21.5 Å². The van der Waals surface area contributed by atoms with Crippen LogP contribution in [0.2, 0.25) is 0 Å². The Morgan fingerprint density at radius 1 is 0.935 bits per heavy atom. The lowest BCUT2D eigenvalue weighted by Gasteiger charge is -2.37. The van der Waals surface area contributed by atoms with E-state index in [1.807, 2.05) is 78.9 Å². The monoisotopic (exact) mass is 421 g/mol. The third kappa shape index (κ3) is 2.72. The van der Waals surface area contributed by atoms with E-state index in [1.165, 1.54) is 0 Å². The quantitative estimate of drug-likeness (QED) is 0.591. The van der Waals surface area contributed by atoms with Gasteiger partial charge in [0.25, 0.3) is 0 Å². The maximum atomic E-state index is 13.5. The predicted octanol–water partition coefficient (Wildman–Crippen LogP) is 3.85. The van der Waals surface area contributed by atoms with E-state index in [4.69, 9.17) is 4.99 Å². The molecule has 0 saturated heterocycles. The molecule has 0 fully saturated rings. The van der Waals surface area contributed by atoms with Crippen LogP contribution in [0.25, 0.3) is 5.57 Å². The minimum absolute atomic E-state index is 0.106. The highest BCUT2D eigenvalue weighted by atomic mass is 32.2. The maximum Gasteiger partial charge on any atom is 0.180 e. The van der Waals surface area contributed by atoms with Crippen molar-refractivity contribution in [1.29, 1.82) is 0 Å². The average Bonchev–Trinajstić information content (AvgIpc) is 2.81. The van der Waals surface area contributed by atoms with Gasteiger partial charge in [-0.2, -0.15) is 0 Å². The molecular weight excluding hydrogens is 402 g/mol. The summed E-state index contributed by atoms with van der Waals surface area (Å²) < 4.78 is 13.5. The minimum atomic E-state index is -1.37. The Hall–Kier alpha value is -3.21. The molecule has 1 aliphatic heterocycles. The Balaban J connectivity index is 1.70. The van der Waals surface area contributed by atoms with Crippen LogP contribution in [-0.2, 0) is 11.2 Å². The second kappa shape index (κ2) is 6.91. The number of benzene rings is 3. The van der Waals surface area contributed by atoms with Crippen LogP contribution >= 0.6 is 0 Å². The first-order valence-electron chi connectivity index (χ1n) is 10.4. The van der Waals surface area contributed by atoms with Crippen LogP contribution in [0.5, 0.6) is 0 Å². The van der Waals surface area contributed by atoms with E-state index < -0.39 is 11.2 Å². The summed E-state index contributed by atoms with van der Waals surface area (Å²) in [7, 11) is 0. The van der Waals surface area contributed by atoms with Gasteiger partial charge in [0, 0.05) is 27.9 Å². The van der Waals surface area contributed by atoms with Crippen molar-refractivity contribution < 1.29 is 9.35 Å². The Kier molecular flexibility index (Phi) is 4.13. The summed E-state index contributed by atoms with van der Waals surface area (Å²) in [5.41, 5.74) is 4.75. The van der Waals surface area contributed by atoms with Crippen LogP contribution < -0.4 is 10.6 Å². The van der Waals surface area contributed by atoms with Crippen LogP contribution in [0.4, 0.5) is 0 Å². The van der Waals surface area contributed by atoms with E-state index in [0.29, 0.717) is 4.91 Å². The van der Waals surface area contributed by atoms with E-state index in [1.54, 1.807) is 0 Å². The first-order chi connectivity index (χ1) is 15.1. The highest BCUT2D eigenvalue weighted by molar-refractivity contribution is 7.95. The van der Waals surface area contributed by atoms with Gasteiger partial charge in [0.1, 0.15) is 5.70 Å². The number of allylic oxidation sites excluding steroid dienone is 3. The average molecular weight is 422 g/mol. The molecule has 0 aromatic heterocycles. The van der Waals surface area contributed by atoms with Crippen molar-refractivity contribution in [2.75, 3.05) is 0 Å². The highest BCUT2D eigenvalue weighted by Gasteiger charge is 2.45. The largest absolute Gasteiger partial charge is 0.606 e. The summed E-state index contributed by atoms with van der Waals surface area (Å²) in [5, 5.41) is 1.94. The summed E-state index contributed by atoms with van der Waals surface area (Å²) >= 11 is -1.37. The fourth-order valence-corrected chi connectivity index (χ4v) is 6.13. The third-order valence-corrected chi connectivity index (χ3v) is 7.74. The molecule has 0 radical (unpaired) electrons. The summed E-state index contributed by atoms with van der Waals surface area (Å²) in [6.45, 7) is 2.07. The van der Waals surface area contributed by atoms with E-state index in [0.717, 1.165) is 43.4 Å². The van der Waals surface area contributed by atoms with Crippen LogP contribution in [-0.4, -0.2) is 10.3 Å². The van der Waals surface area contributed by atoms with Crippen molar-refractivity contribution in [1.82, 2.24) is 0 Å². The Labute approximate surface area is 183 Å². The second-order valence-corrected chi connectivity index (χ2v) is 9.60. The standard InChI is InChI=1S/C27H19NO2S/c1-16-11-13-22-21(15-16)24-18-9-5-6-10-19(18)27(29)20-12-14-23(26(28-22)25(20)24)31(30)17-7-3-2-4-8-17/h2-15,20,25H,1H3. The zero-order valence-electron chi connectivity index (χ0n) is 16.9. The first-order valence-corrected chi connectivity index (χ1v) is 11.5. The SMILES string of the molecule is Cc1ccc2c(c1)=C1c3ccccc3C(=O)C3C=CC([S+]([O-])c4ccccc4)=C(N=2)C13. The number of hydrogen-bond donors (Lipinski definition) is 0. The number of ketones is 1. The normalized spacial score (nSPS) is 21.7. The molecule has 3 aliphatic rings. The molecule has 3 atom stereocenters. The summed E-state index contributed by atoms with van der Waals surface area (Å²) in [6, 6.07) is 23.5. The lowest BCUT2D eigenvalue weighted by atomic mass is 9.67. The molecule has 3 unspecified atom stereocenters. The van der Waals surface area contributed by atoms with Crippen molar-refractivity contribution in [3.63, 3.8) is 0 Å². The molecule has 150 valence electrons. The van der Waals surface area contributed by atoms with Crippen LogP contribution in [0.3, 0.4) is 0 Å². The Bertz CT molecular complexity index is 1440. The van der Waals surface area contributed by atoms with E-state index in [9.17, 15) is 9.35 Å². The molecule has 1 heterocycles. The molecule has 3 aromatic rings. The number of nitrogens with zero attached hydrogens (tertiary/aromatic N) is 1. The highest BCUT2D eigenvalue weighted by Crippen LogP contribution is 2.47. The molecule has 4 heteroatoms. The number of carbonyl (C=O) groups excluding carboxylic acids is 1.